The lowest BCUT2D eigenvalue weighted by molar-refractivity contribution is -0.147. The molecule has 0 radical (unpaired) electrons. The van der Waals surface area contributed by atoms with Gasteiger partial charge in [-0.3, -0.25) is 4.79 Å². The van der Waals surface area contributed by atoms with E-state index in [-0.39, 0.29) is 11.7 Å². The number of carbonyl (C=O) groups is 1. The van der Waals surface area contributed by atoms with E-state index in [2.05, 4.69) is 5.32 Å². The monoisotopic (exact) mass is 253 g/mol. The summed E-state index contributed by atoms with van der Waals surface area (Å²) in [5, 5.41) is 2.78. The summed E-state index contributed by atoms with van der Waals surface area (Å²) in [5.74, 6) is -0.410. The number of nitrogens with one attached hydrogen (secondary N) is 1. The van der Waals surface area contributed by atoms with Crippen molar-refractivity contribution < 1.29 is 18.7 Å². The van der Waals surface area contributed by atoms with Crippen LogP contribution in [0.3, 0.4) is 0 Å². The number of benzene rings is 1. The third kappa shape index (κ3) is 3.78. The molecule has 1 aromatic rings. The van der Waals surface area contributed by atoms with Crippen LogP contribution in [0.2, 0.25) is 0 Å². The van der Waals surface area contributed by atoms with Crippen molar-refractivity contribution in [2.24, 2.45) is 0 Å². The lowest BCUT2D eigenvalue weighted by atomic mass is 10.1. The van der Waals surface area contributed by atoms with Crippen LogP contribution < -0.4 is 5.32 Å². The van der Waals surface area contributed by atoms with Crippen LogP contribution in [-0.4, -0.2) is 38.4 Å². The Morgan fingerprint density at radius 3 is 2.78 bits per heavy atom. The molecule has 1 N–H and O–H groups in total. The molecule has 0 spiro atoms. The molecule has 0 unspecified atom stereocenters. The minimum Gasteiger partial charge on any atom is -0.376 e. The third-order valence-electron chi connectivity index (χ3n) is 2.73. The van der Waals surface area contributed by atoms with Gasteiger partial charge >= 0.3 is 0 Å². The Bertz CT molecular complexity index is 388. The van der Waals surface area contributed by atoms with Gasteiger partial charge in [-0.25, -0.2) is 4.39 Å². The summed E-state index contributed by atoms with van der Waals surface area (Å²) in [6.45, 7) is 1.81. The van der Waals surface area contributed by atoms with E-state index in [0.717, 1.165) is 5.56 Å². The average Bonchev–Trinajstić information content (AvgIpc) is 2.42. The molecule has 98 valence electrons. The van der Waals surface area contributed by atoms with Crippen LogP contribution >= 0.6 is 0 Å². The van der Waals surface area contributed by atoms with E-state index in [1.807, 2.05) is 0 Å². The van der Waals surface area contributed by atoms with Gasteiger partial charge in [0.2, 0.25) is 0 Å². The van der Waals surface area contributed by atoms with Gasteiger partial charge in [0.15, 0.2) is 6.10 Å². The first-order valence-electron chi connectivity index (χ1n) is 5.97. The fourth-order valence-corrected chi connectivity index (χ4v) is 1.73. The summed E-state index contributed by atoms with van der Waals surface area (Å²) in [6.07, 6.45) is 0.159. The number of hydrogen-bond acceptors (Lipinski definition) is 3. The van der Waals surface area contributed by atoms with Crippen molar-refractivity contribution >= 4 is 5.91 Å². The van der Waals surface area contributed by atoms with Gasteiger partial charge in [0.25, 0.3) is 5.91 Å². The minimum absolute atomic E-state index is 0.156. The maximum absolute atomic E-state index is 12.7. The number of halogens is 1. The van der Waals surface area contributed by atoms with Gasteiger partial charge in [0.1, 0.15) is 5.82 Å². The number of amides is 1. The highest BCUT2D eigenvalue weighted by Crippen LogP contribution is 2.03. The van der Waals surface area contributed by atoms with Crippen LogP contribution in [0.4, 0.5) is 4.39 Å². The first-order chi connectivity index (χ1) is 8.75. The van der Waals surface area contributed by atoms with Gasteiger partial charge in [-0.2, -0.15) is 0 Å². The lowest BCUT2D eigenvalue weighted by Crippen LogP contribution is -2.43. The van der Waals surface area contributed by atoms with E-state index in [1.165, 1.54) is 12.1 Å². The zero-order valence-corrected chi connectivity index (χ0v) is 10.0. The fourth-order valence-electron chi connectivity index (χ4n) is 1.73. The molecule has 1 fully saturated rings. The molecule has 0 aliphatic carbocycles. The summed E-state index contributed by atoms with van der Waals surface area (Å²) in [4.78, 5) is 11.7. The average molecular weight is 253 g/mol. The largest absolute Gasteiger partial charge is 0.376 e. The minimum atomic E-state index is -0.507. The molecule has 5 heteroatoms. The highest BCUT2D eigenvalue weighted by Gasteiger charge is 2.21. The maximum Gasteiger partial charge on any atom is 0.251 e. The van der Waals surface area contributed by atoms with E-state index >= 15 is 0 Å². The Balaban J connectivity index is 1.71. The number of hydrogen-bond donors (Lipinski definition) is 1. The second kappa shape index (κ2) is 6.47. The lowest BCUT2D eigenvalue weighted by Gasteiger charge is -2.22. The fraction of sp³-hybridized carbons (Fsp3) is 0.462. The Kier molecular flexibility index (Phi) is 4.66. The number of rotatable bonds is 4. The second-order valence-corrected chi connectivity index (χ2v) is 4.10. The molecule has 18 heavy (non-hydrogen) atoms. The topological polar surface area (TPSA) is 47.6 Å². The quantitative estimate of drug-likeness (QED) is 0.867. The van der Waals surface area contributed by atoms with E-state index in [4.69, 9.17) is 9.47 Å². The molecule has 0 bridgehead atoms. The molecule has 1 aromatic carbocycles. The van der Waals surface area contributed by atoms with Crippen molar-refractivity contribution in [3.63, 3.8) is 0 Å². The van der Waals surface area contributed by atoms with Gasteiger partial charge in [-0.05, 0) is 24.1 Å². The molecule has 0 saturated carbocycles. The Morgan fingerprint density at radius 1 is 1.33 bits per heavy atom. The third-order valence-corrected chi connectivity index (χ3v) is 2.73. The van der Waals surface area contributed by atoms with Crippen molar-refractivity contribution in [3.8, 4) is 0 Å². The van der Waals surface area contributed by atoms with E-state index in [9.17, 15) is 9.18 Å². The summed E-state index contributed by atoms with van der Waals surface area (Å²) >= 11 is 0. The van der Waals surface area contributed by atoms with Crippen LogP contribution in [0.5, 0.6) is 0 Å². The molecule has 1 atom stereocenters. The maximum atomic E-state index is 12.7. The number of carbonyl (C=O) groups excluding carboxylic acids is 1. The van der Waals surface area contributed by atoms with Gasteiger partial charge in [0, 0.05) is 6.54 Å². The summed E-state index contributed by atoms with van der Waals surface area (Å²) in [5.41, 5.74) is 0.984. The zero-order chi connectivity index (χ0) is 12.8. The van der Waals surface area contributed by atoms with Gasteiger partial charge in [0.05, 0.1) is 19.8 Å². The standard InChI is InChI=1S/C13H16FNO3/c14-11-3-1-10(2-4-11)5-6-15-13(16)12-9-17-7-8-18-12/h1-4,12H,5-9H2,(H,15,16)/t12-/m0/s1. The molecule has 4 nitrogen and oxygen atoms in total. The smallest absolute Gasteiger partial charge is 0.251 e. The Labute approximate surface area is 105 Å². The molecular formula is C13H16FNO3. The van der Waals surface area contributed by atoms with E-state index < -0.39 is 6.10 Å². The predicted octanol–water partition coefficient (Wildman–Crippen LogP) is 0.900. The molecular weight excluding hydrogens is 237 g/mol. The van der Waals surface area contributed by atoms with Crippen molar-refractivity contribution in [2.45, 2.75) is 12.5 Å². The summed E-state index contributed by atoms with van der Waals surface area (Å²) < 4.78 is 23.1. The normalized spacial score (nSPS) is 19.5. The van der Waals surface area contributed by atoms with Gasteiger partial charge in [-0.15, -0.1) is 0 Å². The zero-order valence-electron chi connectivity index (χ0n) is 10.0. The van der Waals surface area contributed by atoms with E-state index in [0.29, 0.717) is 32.8 Å². The van der Waals surface area contributed by atoms with Crippen LogP contribution in [-0.2, 0) is 20.7 Å². The summed E-state index contributed by atoms with van der Waals surface area (Å²) in [7, 11) is 0. The molecule has 1 aliphatic heterocycles. The van der Waals surface area contributed by atoms with Crippen molar-refractivity contribution in [2.75, 3.05) is 26.4 Å². The van der Waals surface area contributed by atoms with Crippen LogP contribution in [0, 0.1) is 5.82 Å². The van der Waals surface area contributed by atoms with Crippen molar-refractivity contribution in [1.29, 1.82) is 0 Å². The second-order valence-electron chi connectivity index (χ2n) is 4.10. The first-order valence-corrected chi connectivity index (χ1v) is 5.97. The molecule has 0 aromatic heterocycles. The SMILES string of the molecule is O=C(NCCc1ccc(F)cc1)[C@@H]1COCCO1. The van der Waals surface area contributed by atoms with Crippen molar-refractivity contribution in [1.82, 2.24) is 5.32 Å². The Morgan fingerprint density at radius 2 is 2.11 bits per heavy atom. The van der Waals surface area contributed by atoms with Gasteiger partial charge in [-0.1, -0.05) is 12.1 Å². The molecule has 2 rings (SSSR count). The van der Waals surface area contributed by atoms with Crippen LogP contribution in [0.25, 0.3) is 0 Å². The first kappa shape index (κ1) is 13.0. The van der Waals surface area contributed by atoms with E-state index in [1.54, 1.807) is 12.1 Å². The molecule has 1 saturated heterocycles. The Hall–Kier alpha value is -1.46. The molecule has 1 amide bonds. The highest BCUT2D eigenvalue weighted by atomic mass is 19.1. The van der Waals surface area contributed by atoms with Crippen LogP contribution in [0.15, 0.2) is 24.3 Å². The predicted molar refractivity (Wildman–Crippen MR) is 63.7 cm³/mol. The molecule has 1 heterocycles. The van der Waals surface area contributed by atoms with Gasteiger partial charge < -0.3 is 14.8 Å². The molecule has 1 aliphatic rings. The van der Waals surface area contributed by atoms with Crippen LogP contribution in [0.1, 0.15) is 5.56 Å². The van der Waals surface area contributed by atoms with Crippen molar-refractivity contribution in [3.05, 3.63) is 35.6 Å². The number of ether oxygens (including phenoxy) is 2. The highest BCUT2D eigenvalue weighted by molar-refractivity contribution is 5.80. The summed E-state index contributed by atoms with van der Waals surface area (Å²) in [6, 6.07) is 6.24.